The van der Waals surface area contributed by atoms with E-state index in [2.05, 4.69) is 16.0 Å². The Hall–Kier alpha value is -1.64. The first-order valence-electron chi connectivity index (χ1n) is 4.67. The zero-order valence-electron chi connectivity index (χ0n) is 8.16. The van der Waals surface area contributed by atoms with Gasteiger partial charge in [0.1, 0.15) is 5.52 Å². The molecule has 0 amide bonds. The van der Waals surface area contributed by atoms with Gasteiger partial charge in [0.15, 0.2) is 11.5 Å². The van der Waals surface area contributed by atoms with E-state index in [-0.39, 0.29) is 0 Å². The molecule has 3 rings (SSSR count). The molecule has 2 aromatic rings. The molecule has 0 saturated carbocycles. The van der Waals surface area contributed by atoms with E-state index in [0.29, 0.717) is 5.89 Å². The third-order valence-corrected chi connectivity index (χ3v) is 2.47. The number of hydrogen-bond donors (Lipinski definition) is 0. The molecule has 3 heteroatoms. The van der Waals surface area contributed by atoms with E-state index in [1.54, 1.807) is 0 Å². The lowest BCUT2D eigenvalue weighted by atomic mass is 10.1. The topological polar surface area (TPSA) is 38.4 Å². The van der Waals surface area contributed by atoms with Gasteiger partial charge in [-0.05, 0) is 18.6 Å². The van der Waals surface area contributed by atoms with Gasteiger partial charge in [-0.25, -0.2) is 4.98 Å². The average molecular weight is 186 g/mol. The fraction of sp³-hybridized carbons (Fsp3) is 0.273. The minimum Gasteiger partial charge on any atom is -0.441 e. The third-order valence-electron chi connectivity index (χ3n) is 2.47. The highest BCUT2D eigenvalue weighted by atomic mass is 16.3. The number of aryl methyl sites for hydroxylation is 1. The molecular weight excluding hydrogens is 176 g/mol. The second-order valence-corrected chi connectivity index (χ2v) is 3.68. The highest BCUT2D eigenvalue weighted by molar-refractivity contribution is 5.99. The lowest BCUT2D eigenvalue weighted by Gasteiger charge is -1.94. The SMILES string of the molecule is CC1=Nc2c(ccc3oc(C)nc23)C1. The van der Waals surface area contributed by atoms with Crippen LogP contribution in [0.25, 0.3) is 11.1 Å². The van der Waals surface area contributed by atoms with Crippen molar-refractivity contribution in [1.29, 1.82) is 0 Å². The predicted octanol–water partition coefficient (Wildman–Crippen LogP) is 2.78. The van der Waals surface area contributed by atoms with Crippen molar-refractivity contribution in [1.82, 2.24) is 4.98 Å². The lowest BCUT2D eigenvalue weighted by molar-refractivity contribution is 0.561. The zero-order chi connectivity index (χ0) is 9.71. The number of aliphatic imine (C=N–C) groups is 1. The van der Waals surface area contributed by atoms with Gasteiger partial charge in [-0.1, -0.05) is 6.07 Å². The van der Waals surface area contributed by atoms with Gasteiger partial charge < -0.3 is 4.42 Å². The lowest BCUT2D eigenvalue weighted by Crippen LogP contribution is -1.87. The third kappa shape index (κ3) is 0.923. The Morgan fingerprint density at radius 2 is 2.14 bits per heavy atom. The van der Waals surface area contributed by atoms with Crippen LogP contribution in [0.1, 0.15) is 18.4 Å². The van der Waals surface area contributed by atoms with Crippen LogP contribution in [-0.2, 0) is 6.42 Å². The van der Waals surface area contributed by atoms with Gasteiger partial charge in [-0.3, -0.25) is 4.99 Å². The van der Waals surface area contributed by atoms with Crippen molar-refractivity contribution in [3.63, 3.8) is 0 Å². The molecule has 0 spiro atoms. The normalized spacial score (nSPS) is 14.6. The van der Waals surface area contributed by atoms with E-state index in [1.807, 2.05) is 19.9 Å². The molecule has 1 aromatic heterocycles. The molecule has 0 bridgehead atoms. The largest absolute Gasteiger partial charge is 0.441 e. The number of oxazole rings is 1. The van der Waals surface area contributed by atoms with Gasteiger partial charge in [0, 0.05) is 19.1 Å². The smallest absolute Gasteiger partial charge is 0.192 e. The van der Waals surface area contributed by atoms with Crippen LogP contribution in [0.15, 0.2) is 21.5 Å². The van der Waals surface area contributed by atoms with Crippen molar-refractivity contribution in [3.8, 4) is 0 Å². The molecule has 0 saturated heterocycles. The van der Waals surface area contributed by atoms with Crippen molar-refractivity contribution >= 4 is 22.5 Å². The number of aromatic nitrogens is 1. The number of nitrogens with zero attached hydrogens (tertiary/aromatic N) is 2. The van der Waals surface area contributed by atoms with Gasteiger partial charge in [0.05, 0.1) is 5.69 Å². The Morgan fingerprint density at radius 1 is 1.29 bits per heavy atom. The molecular formula is C11H10N2O. The minimum absolute atomic E-state index is 0.702. The molecule has 2 heterocycles. The van der Waals surface area contributed by atoms with Gasteiger partial charge in [-0.2, -0.15) is 0 Å². The van der Waals surface area contributed by atoms with Crippen LogP contribution in [-0.4, -0.2) is 10.7 Å². The molecule has 0 N–H and O–H groups in total. The van der Waals surface area contributed by atoms with E-state index in [4.69, 9.17) is 4.42 Å². The zero-order valence-corrected chi connectivity index (χ0v) is 8.16. The molecule has 70 valence electrons. The molecule has 1 aliphatic rings. The molecule has 1 aliphatic heterocycles. The summed E-state index contributed by atoms with van der Waals surface area (Å²) in [5, 5.41) is 0. The van der Waals surface area contributed by atoms with E-state index in [0.717, 1.165) is 28.9 Å². The molecule has 14 heavy (non-hydrogen) atoms. The maximum Gasteiger partial charge on any atom is 0.192 e. The maximum absolute atomic E-state index is 5.45. The van der Waals surface area contributed by atoms with Crippen LogP contribution < -0.4 is 0 Å². The predicted molar refractivity (Wildman–Crippen MR) is 55.2 cm³/mol. The van der Waals surface area contributed by atoms with E-state index in [1.165, 1.54) is 5.56 Å². The van der Waals surface area contributed by atoms with Crippen molar-refractivity contribution in [2.24, 2.45) is 4.99 Å². The van der Waals surface area contributed by atoms with Gasteiger partial charge >= 0.3 is 0 Å². The fourth-order valence-corrected chi connectivity index (χ4v) is 1.91. The van der Waals surface area contributed by atoms with Crippen molar-refractivity contribution < 1.29 is 4.42 Å². The Labute approximate surface area is 81.5 Å². The summed E-state index contributed by atoms with van der Waals surface area (Å²) in [6.45, 7) is 3.90. The summed E-state index contributed by atoms with van der Waals surface area (Å²) < 4.78 is 5.45. The number of fused-ring (bicyclic) bond motifs is 3. The average Bonchev–Trinajstić information content (AvgIpc) is 2.65. The molecule has 0 fully saturated rings. The fourth-order valence-electron chi connectivity index (χ4n) is 1.91. The highest BCUT2D eigenvalue weighted by Gasteiger charge is 2.17. The van der Waals surface area contributed by atoms with Crippen LogP contribution in [0.4, 0.5) is 5.69 Å². The number of hydrogen-bond acceptors (Lipinski definition) is 3. The second kappa shape index (κ2) is 2.44. The van der Waals surface area contributed by atoms with Gasteiger partial charge in [0.25, 0.3) is 0 Å². The quantitative estimate of drug-likeness (QED) is 0.634. The van der Waals surface area contributed by atoms with E-state index in [9.17, 15) is 0 Å². The molecule has 3 nitrogen and oxygen atoms in total. The van der Waals surface area contributed by atoms with Gasteiger partial charge in [-0.15, -0.1) is 0 Å². The van der Waals surface area contributed by atoms with Crippen LogP contribution in [0.3, 0.4) is 0 Å². The maximum atomic E-state index is 5.45. The highest BCUT2D eigenvalue weighted by Crippen LogP contribution is 2.34. The Kier molecular flexibility index (Phi) is 1.35. The molecule has 0 unspecified atom stereocenters. The summed E-state index contributed by atoms with van der Waals surface area (Å²) in [5.74, 6) is 0.702. The summed E-state index contributed by atoms with van der Waals surface area (Å²) in [7, 11) is 0. The van der Waals surface area contributed by atoms with Crippen molar-refractivity contribution in [2.45, 2.75) is 20.3 Å². The Bertz CT molecular complexity index is 552. The van der Waals surface area contributed by atoms with Crippen molar-refractivity contribution in [3.05, 3.63) is 23.6 Å². The Morgan fingerprint density at radius 3 is 3.00 bits per heavy atom. The molecule has 0 radical (unpaired) electrons. The van der Waals surface area contributed by atoms with Crippen LogP contribution >= 0.6 is 0 Å². The van der Waals surface area contributed by atoms with E-state index >= 15 is 0 Å². The second-order valence-electron chi connectivity index (χ2n) is 3.68. The minimum atomic E-state index is 0.702. The molecule has 0 aliphatic carbocycles. The van der Waals surface area contributed by atoms with Crippen LogP contribution in [0.5, 0.6) is 0 Å². The van der Waals surface area contributed by atoms with Crippen LogP contribution in [0, 0.1) is 6.92 Å². The van der Waals surface area contributed by atoms with Gasteiger partial charge in [0.2, 0.25) is 0 Å². The first-order chi connectivity index (χ1) is 6.74. The molecule has 1 aromatic carbocycles. The number of rotatable bonds is 0. The summed E-state index contributed by atoms with van der Waals surface area (Å²) in [5.41, 5.74) is 5.13. The molecule has 0 atom stereocenters. The summed E-state index contributed by atoms with van der Waals surface area (Å²) in [6, 6.07) is 4.05. The Balaban J connectivity index is 2.41. The standard InChI is InChI=1S/C11H10N2O/c1-6-5-8-3-4-9-11(10(8)12-6)13-7(2)14-9/h3-4H,5H2,1-2H3. The van der Waals surface area contributed by atoms with Crippen molar-refractivity contribution in [2.75, 3.05) is 0 Å². The first-order valence-corrected chi connectivity index (χ1v) is 4.67. The summed E-state index contributed by atoms with van der Waals surface area (Å²) >= 11 is 0. The monoisotopic (exact) mass is 186 g/mol. The number of benzene rings is 1. The first kappa shape index (κ1) is 7.74. The van der Waals surface area contributed by atoms with E-state index < -0.39 is 0 Å². The summed E-state index contributed by atoms with van der Waals surface area (Å²) in [6.07, 6.45) is 0.942. The summed E-state index contributed by atoms with van der Waals surface area (Å²) in [4.78, 5) is 8.83. The van der Waals surface area contributed by atoms with Crippen LogP contribution in [0.2, 0.25) is 0 Å².